The Morgan fingerprint density at radius 3 is 2.48 bits per heavy atom. The van der Waals surface area contributed by atoms with Crippen molar-refractivity contribution in [3.05, 3.63) is 33.4 Å². The minimum absolute atomic E-state index is 0.000131. The lowest BCUT2D eigenvalue weighted by Crippen LogP contribution is -2.41. The van der Waals surface area contributed by atoms with Crippen LogP contribution in [0.25, 0.3) is 5.65 Å². The number of aromatic carboxylic acids is 1. The van der Waals surface area contributed by atoms with Gasteiger partial charge in [0.15, 0.2) is 5.65 Å². The maximum absolute atomic E-state index is 12.2. The quantitative estimate of drug-likeness (QED) is 0.829. The van der Waals surface area contributed by atoms with Crippen molar-refractivity contribution >= 4 is 17.7 Å². The van der Waals surface area contributed by atoms with Crippen LogP contribution in [0.4, 0.5) is 4.79 Å². The summed E-state index contributed by atoms with van der Waals surface area (Å²) in [5, 5.41) is 13.7. The van der Waals surface area contributed by atoms with E-state index in [0.717, 1.165) is 0 Å². The number of hydrogen-bond acceptors (Lipinski definition) is 5. The van der Waals surface area contributed by atoms with Gasteiger partial charge in [0, 0.05) is 25.1 Å². The van der Waals surface area contributed by atoms with E-state index in [4.69, 9.17) is 4.74 Å². The molecule has 0 bridgehead atoms. The molecule has 9 nitrogen and oxygen atoms in total. The van der Waals surface area contributed by atoms with Crippen LogP contribution in [0.5, 0.6) is 0 Å². The Hall–Kier alpha value is -2.84. The molecule has 1 fully saturated rings. The number of nitrogens with one attached hydrogen (secondary N) is 1. The van der Waals surface area contributed by atoms with E-state index < -0.39 is 11.6 Å². The van der Waals surface area contributed by atoms with Crippen molar-refractivity contribution in [3.63, 3.8) is 0 Å². The van der Waals surface area contributed by atoms with Crippen LogP contribution in [-0.4, -0.2) is 55.4 Å². The predicted molar refractivity (Wildman–Crippen MR) is 97.3 cm³/mol. The highest BCUT2D eigenvalue weighted by Gasteiger charge is 2.30. The molecular weight excluding hydrogens is 352 g/mol. The lowest BCUT2D eigenvalue weighted by molar-refractivity contribution is 0.0203. The number of rotatable bonds is 2. The van der Waals surface area contributed by atoms with E-state index in [1.807, 2.05) is 20.8 Å². The number of carbonyl (C=O) groups is 2. The Morgan fingerprint density at radius 2 is 1.93 bits per heavy atom. The number of aromatic nitrogens is 3. The minimum atomic E-state index is -1.13. The summed E-state index contributed by atoms with van der Waals surface area (Å²) in [6.07, 6.45) is 0.929. The molecule has 9 heteroatoms. The maximum atomic E-state index is 12.2. The highest BCUT2D eigenvalue weighted by atomic mass is 16.6. The van der Waals surface area contributed by atoms with Gasteiger partial charge < -0.3 is 19.7 Å². The molecule has 1 aliphatic heterocycles. The average Bonchev–Trinajstić information content (AvgIpc) is 2.88. The fourth-order valence-corrected chi connectivity index (χ4v) is 3.41. The molecule has 2 N–H and O–H groups in total. The van der Waals surface area contributed by atoms with Gasteiger partial charge in [-0.25, -0.2) is 14.1 Å². The third kappa shape index (κ3) is 3.81. The fourth-order valence-electron chi connectivity index (χ4n) is 3.41. The second-order valence-electron chi connectivity index (χ2n) is 7.83. The normalized spacial score (nSPS) is 15.9. The van der Waals surface area contributed by atoms with Gasteiger partial charge in [0.05, 0.1) is 11.4 Å². The van der Waals surface area contributed by atoms with Gasteiger partial charge in [-0.1, -0.05) is 0 Å². The third-order valence-electron chi connectivity index (χ3n) is 4.60. The van der Waals surface area contributed by atoms with Crippen LogP contribution in [-0.2, 0) is 4.74 Å². The molecule has 0 aliphatic carbocycles. The minimum Gasteiger partial charge on any atom is -0.477 e. The van der Waals surface area contributed by atoms with Gasteiger partial charge in [0.1, 0.15) is 11.2 Å². The van der Waals surface area contributed by atoms with Crippen molar-refractivity contribution in [2.75, 3.05) is 13.1 Å². The molecule has 3 heterocycles. The molecule has 0 aromatic carbocycles. The zero-order valence-electron chi connectivity index (χ0n) is 15.9. The van der Waals surface area contributed by atoms with Gasteiger partial charge in [-0.05, 0) is 40.5 Å². The second-order valence-corrected chi connectivity index (χ2v) is 7.83. The van der Waals surface area contributed by atoms with E-state index in [1.54, 1.807) is 11.8 Å². The average molecular weight is 376 g/mol. The highest BCUT2D eigenvalue weighted by molar-refractivity contribution is 5.95. The van der Waals surface area contributed by atoms with Crippen LogP contribution in [0.2, 0.25) is 0 Å². The maximum Gasteiger partial charge on any atom is 0.410 e. The molecule has 146 valence electrons. The Labute approximate surface area is 155 Å². The van der Waals surface area contributed by atoms with Crippen molar-refractivity contribution in [3.8, 4) is 0 Å². The van der Waals surface area contributed by atoms with E-state index in [-0.39, 0.29) is 28.8 Å². The lowest BCUT2D eigenvalue weighted by Gasteiger charge is -2.33. The molecule has 3 rings (SSSR count). The first-order chi connectivity index (χ1) is 12.6. The van der Waals surface area contributed by atoms with Crippen molar-refractivity contribution < 1.29 is 19.4 Å². The first-order valence-corrected chi connectivity index (χ1v) is 8.90. The number of H-pyrrole nitrogens is 1. The first kappa shape index (κ1) is 18.9. The number of aromatic amines is 1. The van der Waals surface area contributed by atoms with Gasteiger partial charge in [0.2, 0.25) is 0 Å². The molecule has 2 aromatic rings. The third-order valence-corrected chi connectivity index (χ3v) is 4.60. The number of likely N-dealkylation sites (tertiary alicyclic amines) is 1. The number of hydrogen-bond donors (Lipinski definition) is 2. The number of aryl methyl sites for hydroxylation is 1. The number of nitrogens with zero attached hydrogens (tertiary/aromatic N) is 3. The molecule has 1 aliphatic rings. The second kappa shape index (κ2) is 6.71. The summed E-state index contributed by atoms with van der Waals surface area (Å²) in [6, 6.07) is 1.46. The van der Waals surface area contributed by atoms with Crippen LogP contribution in [0.1, 0.15) is 61.3 Å². The largest absolute Gasteiger partial charge is 0.477 e. The standard InChI is InChI=1S/C18H24N4O5/c1-10-14(16(24)25)15-19-13(23)9-12(22(15)20-10)11-5-7-21(8-6-11)17(26)27-18(2,3)4/h9,11H,5-8H2,1-4H3,(H,19,23)(H,24,25). The number of carbonyl (C=O) groups excluding carboxylic acids is 1. The van der Waals surface area contributed by atoms with Crippen LogP contribution < -0.4 is 5.56 Å². The molecule has 0 saturated carbocycles. The summed E-state index contributed by atoms with van der Waals surface area (Å²) in [6.45, 7) is 8.07. The van der Waals surface area contributed by atoms with Gasteiger partial charge in [-0.15, -0.1) is 0 Å². The van der Waals surface area contributed by atoms with Gasteiger partial charge >= 0.3 is 12.1 Å². The molecule has 2 aromatic heterocycles. The van der Waals surface area contributed by atoms with E-state index in [0.29, 0.717) is 37.3 Å². The Kier molecular flexibility index (Phi) is 4.71. The number of carboxylic acids is 1. The molecule has 0 radical (unpaired) electrons. The molecule has 27 heavy (non-hydrogen) atoms. The van der Waals surface area contributed by atoms with Crippen LogP contribution >= 0.6 is 0 Å². The van der Waals surface area contributed by atoms with Gasteiger partial charge in [-0.2, -0.15) is 5.10 Å². The van der Waals surface area contributed by atoms with E-state index in [1.165, 1.54) is 10.6 Å². The first-order valence-electron chi connectivity index (χ1n) is 8.90. The molecule has 0 unspecified atom stereocenters. The number of carboxylic acid groups (broad SMARTS) is 1. The van der Waals surface area contributed by atoms with Gasteiger partial charge in [0.25, 0.3) is 5.56 Å². The molecule has 0 atom stereocenters. The Balaban J connectivity index is 1.86. The summed E-state index contributed by atoms with van der Waals surface area (Å²) in [5.41, 5.74) is 0.281. The number of ether oxygens (including phenoxy) is 1. The van der Waals surface area contributed by atoms with Crippen LogP contribution in [0, 0.1) is 6.92 Å². The summed E-state index contributed by atoms with van der Waals surface area (Å²) in [5.74, 6) is -1.13. The number of amides is 1. The molecule has 0 spiro atoms. The van der Waals surface area contributed by atoms with E-state index in [2.05, 4.69) is 10.1 Å². The Morgan fingerprint density at radius 1 is 1.30 bits per heavy atom. The molecule has 1 amide bonds. The smallest absolute Gasteiger partial charge is 0.410 e. The SMILES string of the molecule is Cc1nn2c(C3CCN(C(=O)OC(C)(C)C)CC3)cc(=O)[nH]c2c1C(=O)O. The van der Waals surface area contributed by atoms with Crippen molar-refractivity contribution in [1.29, 1.82) is 0 Å². The summed E-state index contributed by atoms with van der Waals surface area (Å²) in [7, 11) is 0. The van der Waals surface area contributed by atoms with E-state index >= 15 is 0 Å². The monoisotopic (exact) mass is 376 g/mol. The summed E-state index contributed by atoms with van der Waals surface area (Å²) < 4.78 is 6.91. The lowest BCUT2D eigenvalue weighted by atomic mass is 9.93. The molecule has 1 saturated heterocycles. The molecular formula is C18H24N4O5. The topological polar surface area (TPSA) is 117 Å². The van der Waals surface area contributed by atoms with Crippen molar-refractivity contribution in [1.82, 2.24) is 19.5 Å². The number of piperidine rings is 1. The van der Waals surface area contributed by atoms with Gasteiger partial charge in [-0.3, -0.25) is 4.79 Å². The Bertz CT molecular complexity index is 945. The highest BCUT2D eigenvalue weighted by Crippen LogP contribution is 2.29. The zero-order valence-corrected chi connectivity index (χ0v) is 15.9. The predicted octanol–water partition coefficient (Wildman–Crippen LogP) is 2.14. The van der Waals surface area contributed by atoms with E-state index in [9.17, 15) is 19.5 Å². The van der Waals surface area contributed by atoms with Crippen molar-refractivity contribution in [2.24, 2.45) is 0 Å². The zero-order chi connectivity index (χ0) is 19.9. The summed E-state index contributed by atoms with van der Waals surface area (Å²) in [4.78, 5) is 40.0. The fraction of sp³-hybridized carbons (Fsp3) is 0.556. The van der Waals surface area contributed by atoms with Crippen LogP contribution in [0.3, 0.4) is 0 Å². The number of fused-ring (bicyclic) bond motifs is 1. The van der Waals surface area contributed by atoms with Crippen LogP contribution in [0.15, 0.2) is 10.9 Å². The summed E-state index contributed by atoms with van der Waals surface area (Å²) >= 11 is 0. The van der Waals surface area contributed by atoms with Crippen molar-refractivity contribution in [2.45, 2.75) is 52.1 Å².